The van der Waals surface area contributed by atoms with Gasteiger partial charge in [-0.15, -0.1) is 0 Å². The molecule has 0 aromatic heterocycles. The lowest BCUT2D eigenvalue weighted by molar-refractivity contribution is -0.384. The maximum Gasteiger partial charge on any atom is 0.271 e. The Hall–Kier alpha value is -2.63. The van der Waals surface area contributed by atoms with E-state index in [0.717, 1.165) is 23.3 Å². The number of nitro groups is 1. The van der Waals surface area contributed by atoms with Gasteiger partial charge in [0.05, 0.1) is 17.7 Å². The van der Waals surface area contributed by atoms with E-state index in [1.807, 2.05) is 25.1 Å². The van der Waals surface area contributed by atoms with E-state index in [9.17, 15) is 14.5 Å². The van der Waals surface area contributed by atoms with Gasteiger partial charge in [-0.2, -0.15) is 0 Å². The number of methoxy groups -OCH3 is 1. The maximum absolute atomic E-state index is 13.7. The number of ether oxygens (including phenoxy) is 1. The van der Waals surface area contributed by atoms with Crippen molar-refractivity contribution in [3.63, 3.8) is 0 Å². The molecule has 0 bridgehead atoms. The Morgan fingerprint density at radius 3 is 2.71 bits per heavy atom. The molecule has 0 amide bonds. The number of rotatable bonds is 5. The molecule has 0 unspecified atom stereocenters. The zero-order chi connectivity index (χ0) is 15.4. The summed E-state index contributed by atoms with van der Waals surface area (Å²) in [5, 5.41) is 13.6. The van der Waals surface area contributed by atoms with E-state index < -0.39 is 10.7 Å². The Labute approximate surface area is 121 Å². The monoisotopic (exact) mass is 290 g/mol. The van der Waals surface area contributed by atoms with Gasteiger partial charge in [0, 0.05) is 24.2 Å². The highest BCUT2D eigenvalue weighted by molar-refractivity contribution is 5.53. The van der Waals surface area contributed by atoms with Crippen LogP contribution in [0.15, 0.2) is 36.4 Å². The SMILES string of the molecule is COc1ccc(C)cc1CNc1cc([N+](=O)[O-])ccc1F. The van der Waals surface area contributed by atoms with Gasteiger partial charge in [0.1, 0.15) is 11.6 Å². The summed E-state index contributed by atoms with van der Waals surface area (Å²) in [6.07, 6.45) is 0. The molecule has 21 heavy (non-hydrogen) atoms. The first kappa shape index (κ1) is 14.8. The molecule has 0 aliphatic carbocycles. The molecule has 2 rings (SSSR count). The Balaban J connectivity index is 2.22. The molecule has 0 saturated heterocycles. The van der Waals surface area contributed by atoms with Crippen molar-refractivity contribution in [1.29, 1.82) is 0 Å². The molecule has 0 spiro atoms. The molecule has 2 aromatic carbocycles. The van der Waals surface area contributed by atoms with Gasteiger partial charge in [-0.1, -0.05) is 17.7 Å². The van der Waals surface area contributed by atoms with Gasteiger partial charge in [-0.3, -0.25) is 10.1 Å². The molecule has 0 atom stereocenters. The van der Waals surface area contributed by atoms with Gasteiger partial charge < -0.3 is 10.1 Å². The van der Waals surface area contributed by atoms with Crippen molar-refractivity contribution in [2.24, 2.45) is 0 Å². The number of benzene rings is 2. The molecule has 5 nitrogen and oxygen atoms in total. The number of hydrogen-bond donors (Lipinski definition) is 1. The van der Waals surface area contributed by atoms with E-state index in [4.69, 9.17) is 4.74 Å². The fraction of sp³-hybridized carbons (Fsp3) is 0.200. The molecule has 0 saturated carbocycles. The maximum atomic E-state index is 13.7. The number of aryl methyl sites for hydroxylation is 1. The van der Waals surface area contributed by atoms with Crippen LogP contribution in [0.1, 0.15) is 11.1 Å². The zero-order valence-corrected chi connectivity index (χ0v) is 11.7. The molecule has 0 radical (unpaired) electrons. The van der Waals surface area contributed by atoms with Crippen LogP contribution in [0.4, 0.5) is 15.8 Å². The van der Waals surface area contributed by atoms with Crippen molar-refractivity contribution >= 4 is 11.4 Å². The van der Waals surface area contributed by atoms with Gasteiger partial charge >= 0.3 is 0 Å². The van der Waals surface area contributed by atoms with Crippen LogP contribution in [0.5, 0.6) is 5.75 Å². The Morgan fingerprint density at radius 2 is 2.05 bits per heavy atom. The predicted molar refractivity (Wildman–Crippen MR) is 78.1 cm³/mol. The van der Waals surface area contributed by atoms with Crippen molar-refractivity contribution < 1.29 is 14.1 Å². The minimum absolute atomic E-state index is 0.0905. The molecule has 0 aliphatic rings. The lowest BCUT2D eigenvalue weighted by Gasteiger charge is -2.12. The third-order valence-corrected chi connectivity index (χ3v) is 3.07. The number of nitrogens with zero attached hydrogens (tertiary/aromatic N) is 1. The summed E-state index contributed by atoms with van der Waals surface area (Å²) < 4.78 is 18.9. The van der Waals surface area contributed by atoms with Crippen LogP contribution in [0.3, 0.4) is 0 Å². The summed E-state index contributed by atoms with van der Waals surface area (Å²) in [6, 6.07) is 9.05. The summed E-state index contributed by atoms with van der Waals surface area (Å²) in [4.78, 5) is 10.2. The number of halogens is 1. The van der Waals surface area contributed by atoms with Crippen molar-refractivity contribution in [2.45, 2.75) is 13.5 Å². The third kappa shape index (κ3) is 3.47. The van der Waals surface area contributed by atoms with Crippen molar-refractivity contribution in [3.05, 3.63) is 63.5 Å². The Bertz CT molecular complexity index is 674. The van der Waals surface area contributed by atoms with E-state index in [1.165, 1.54) is 6.07 Å². The highest BCUT2D eigenvalue weighted by Crippen LogP contribution is 2.24. The standard InChI is InChI=1S/C15H15FN2O3/c1-10-3-6-15(21-2)11(7-10)9-17-14-8-12(18(19)20)4-5-13(14)16/h3-8,17H,9H2,1-2H3. The topological polar surface area (TPSA) is 64.4 Å². The van der Waals surface area contributed by atoms with Crippen LogP contribution < -0.4 is 10.1 Å². The fourth-order valence-electron chi connectivity index (χ4n) is 2.00. The zero-order valence-electron chi connectivity index (χ0n) is 11.7. The number of nitrogens with one attached hydrogen (secondary N) is 1. The number of non-ortho nitro benzene ring substituents is 1. The van der Waals surface area contributed by atoms with Gasteiger partial charge in [0.2, 0.25) is 0 Å². The van der Waals surface area contributed by atoms with E-state index in [0.29, 0.717) is 12.3 Å². The average Bonchev–Trinajstić information content (AvgIpc) is 2.46. The first-order valence-corrected chi connectivity index (χ1v) is 6.32. The van der Waals surface area contributed by atoms with Crippen LogP contribution >= 0.6 is 0 Å². The quantitative estimate of drug-likeness (QED) is 0.674. The van der Waals surface area contributed by atoms with Crippen LogP contribution in [0.25, 0.3) is 0 Å². The van der Waals surface area contributed by atoms with Gasteiger partial charge in [-0.05, 0) is 19.1 Å². The lowest BCUT2D eigenvalue weighted by atomic mass is 10.1. The summed E-state index contributed by atoms with van der Waals surface area (Å²) in [6.45, 7) is 2.25. The molecule has 1 N–H and O–H groups in total. The molecule has 0 heterocycles. The van der Waals surface area contributed by atoms with Crippen molar-refractivity contribution in [1.82, 2.24) is 0 Å². The minimum Gasteiger partial charge on any atom is -0.496 e. The molecule has 0 aliphatic heterocycles. The summed E-state index contributed by atoms with van der Waals surface area (Å²) in [7, 11) is 1.56. The molecular formula is C15H15FN2O3. The molecule has 110 valence electrons. The number of anilines is 1. The van der Waals surface area contributed by atoms with Crippen molar-refractivity contribution in [3.8, 4) is 5.75 Å². The third-order valence-electron chi connectivity index (χ3n) is 3.07. The van der Waals surface area contributed by atoms with Gasteiger partial charge in [-0.25, -0.2) is 4.39 Å². The second-order valence-electron chi connectivity index (χ2n) is 4.59. The summed E-state index contributed by atoms with van der Waals surface area (Å²) in [5.41, 5.74) is 1.83. The predicted octanol–water partition coefficient (Wildman–Crippen LogP) is 3.66. The summed E-state index contributed by atoms with van der Waals surface area (Å²) >= 11 is 0. The van der Waals surface area contributed by atoms with E-state index in [2.05, 4.69) is 5.32 Å². The summed E-state index contributed by atoms with van der Waals surface area (Å²) in [5.74, 6) is 0.145. The van der Waals surface area contributed by atoms with E-state index in [1.54, 1.807) is 7.11 Å². The molecule has 6 heteroatoms. The van der Waals surface area contributed by atoms with E-state index in [-0.39, 0.29) is 11.4 Å². The number of nitro benzene ring substituents is 1. The molecule has 2 aromatic rings. The fourth-order valence-corrected chi connectivity index (χ4v) is 2.00. The van der Waals surface area contributed by atoms with Crippen LogP contribution in [0, 0.1) is 22.9 Å². The van der Waals surface area contributed by atoms with Crippen LogP contribution in [-0.2, 0) is 6.54 Å². The van der Waals surface area contributed by atoms with Crippen LogP contribution in [0.2, 0.25) is 0 Å². The smallest absolute Gasteiger partial charge is 0.271 e. The van der Waals surface area contributed by atoms with Crippen LogP contribution in [-0.4, -0.2) is 12.0 Å². The lowest BCUT2D eigenvalue weighted by Crippen LogP contribution is -2.04. The second-order valence-corrected chi connectivity index (χ2v) is 4.59. The van der Waals surface area contributed by atoms with Gasteiger partial charge in [0.25, 0.3) is 5.69 Å². The van der Waals surface area contributed by atoms with Crippen molar-refractivity contribution in [2.75, 3.05) is 12.4 Å². The normalized spacial score (nSPS) is 10.2. The number of hydrogen-bond acceptors (Lipinski definition) is 4. The van der Waals surface area contributed by atoms with Gasteiger partial charge in [0.15, 0.2) is 0 Å². The molecular weight excluding hydrogens is 275 g/mol. The second kappa shape index (κ2) is 6.21. The van der Waals surface area contributed by atoms with E-state index >= 15 is 0 Å². The first-order chi connectivity index (χ1) is 10.0. The largest absolute Gasteiger partial charge is 0.496 e. The Morgan fingerprint density at radius 1 is 1.29 bits per heavy atom. The first-order valence-electron chi connectivity index (χ1n) is 6.32. The highest BCUT2D eigenvalue weighted by Gasteiger charge is 2.11. The minimum atomic E-state index is -0.558. The highest BCUT2D eigenvalue weighted by atomic mass is 19.1. The average molecular weight is 290 g/mol. The Kier molecular flexibility index (Phi) is 4.37. The molecule has 0 fully saturated rings.